The van der Waals surface area contributed by atoms with Gasteiger partial charge in [0.05, 0.1) is 11.7 Å². The van der Waals surface area contributed by atoms with Gasteiger partial charge in [-0.2, -0.15) is 0 Å². The molecule has 1 aliphatic rings. The molecule has 1 saturated heterocycles. The first-order valence-electron chi connectivity index (χ1n) is 10.1. The number of nitrogens with one attached hydrogen (secondary N) is 1. The number of nitrogens with zero attached hydrogens (tertiary/aromatic N) is 3. The molecule has 0 spiro atoms. The number of rotatable bonds is 4. The first kappa shape index (κ1) is 20.0. The Morgan fingerprint density at radius 3 is 2.52 bits per heavy atom. The molecule has 6 heteroatoms. The minimum atomic E-state index is -0.0733. The van der Waals surface area contributed by atoms with Crippen LogP contribution < -0.4 is 10.2 Å². The van der Waals surface area contributed by atoms with E-state index in [1.165, 1.54) is 5.56 Å². The van der Waals surface area contributed by atoms with Gasteiger partial charge in [0.25, 0.3) is 0 Å². The van der Waals surface area contributed by atoms with Crippen LogP contribution in [0.25, 0.3) is 5.69 Å². The van der Waals surface area contributed by atoms with Gasteiger partial charge in [0, 0.05) is 33.9 Å². The lowest BCUT2D eigenvalue weighted by molar-refractivity contribution is 0.549. The molecule has 1 fully saturated rings. The topological polar surface area (TPSA) is 33.1 Å². The van der Waals surface area contributed by atoms with Crippen LogP contribution >= 0.6 is 28.1 Å². The first-order chi connectivity index (χ1) is 15.1. The lowest BCUT2D eigenvalue weighted by Crippen LogP contribution is -2.30. The summed E-state index contributed by atoms with van der Waals surface area (Å²) in [5.74, 6) is 0. The van der Waals surface area contributed by atoms with E-state index in [1.807, 2.05) is 30.5 Å². The zero-order valence-electron chi connectivity index (χ0n) is 16.9. The number of aromatic nitrogens is 2. The van der Waals surface area contributed by atoms with E-state index in [0.29, 0.717) is 5.11 Å². The first-order valence-corrected chi connectivity index (χ1v) is 11.3. The van der Waals surface area contributed by atoms with E-state index in [9.17, 15) is 0 Å². The fraction of sp³-hybridized carbons (Fsp3) is 0.120. The average molecular weight is 489 g/mol. The molecule has 0 saturated carbocycles. The third-order valence-corrected chi connectivity index (χ3v) is 6.41. The monoisotopic (exact) mass is 488 g/mol. The van der Waals surface area contributed by atoms with E-state index < -0.39 is 0 Å². The molecule has 5 rings (SSSR count). The van der Waals surface area contributed by atoms with Gasteiger partial charge in [-0.3, -0.25) is 4.98 Å². The molecule has 3 heterocycles. The zero-order valence-corrected chi connectivity index (χ0v) is 19.3. The molecule has 31 heavy (non-hydrogen) atoms. The molecule has 0 amide bonds. The second kappa shape index (κ2) is 8.29. The van der Waals surface area contributed by atoms with Crippen LogP contribution in [-0.2, 0) is 0 Å². The van der Waals surface area contributed by atoms with Gasteiger partial charge in [-0.15, -0.1) is 0 Å². The Labute approximate surface area is 195 Å². The summed E-state index contributed by atoms with van der Waals surface area (Å²) in [6, 6.07) is 27.0. The van der Waals surface area contributed by atoms with Crippen LogP contribution in [-0.4, -0.2) is 14.7 Å². The fourth-order valence-electron chi connectivity index (χ4n) is 4.18. The molecule has 0 radical (unpaired) electrons. The molecular formula is C25H21BrN4S. The summed E-state index contributed by atoms with van der Waals surface area (Å²) in [4.78, 5) is 6.85. The molecule has 0 bridgehead atoms. The van der Waals surface area contributed by atoms with E-state index in [-0.39, 0.29) is 12.1 Å². The number of thiocarbonyl (C=S) groups is 1. The molecule has 2 aromatic carbocycles. The van der Waals surface area contributed by atoms with Crippen molar-refractivity contribution in [3.8, 4) is 5.69 Å². The van der Waals surface area contributed by atoms with Gasteiger partial charge in [-0.1, -0.05) is 34.1 Å². The SMILES string of the molecule is Cc1cccc(-n2cccc2[C@@H]2[C@@H](c3ccccn3)NC(=S)N2c2ccc(Br)cc2)c1. The highest BCUT2D eigenvalue weighted by Crippen LogP contribution is 2.42. The molecule has 4 nitrogen and oxygen atoms in total. The number of anilines is 1. The second-order valence-corrected chi connectivity index (χ2v) is 8.92. The van der Waals surface area contributed by atoms with Crippen LogP contribution in [0.3, 0.4) is 0 Å². The number of halogens is 1. The van der Waals surface area contributed by atoms with E-state index in [2.05, 4.69) is 103 Å². The van der Waals surface area contributed by atoms with Crippen molar-refractivity contribution in [3.63, 3.8) is 0 Å². The van der Waals surface area contributed by atoms with Crippen molar-refractivity contribution >= 4 is 38.9 Å². The van der Waals surface area contributed by atoms with Crippen molar-refractivity contribution in [2.24, 2.45) is 0 Å². The molecule has 1 aliphatic heterocycles. The van der Waals surface area contributed by atoms with Crippen LogP contribution in [0.2, 0.25) is 0 Å². The van der Waals surface area contributed by atoms with Crippen LogP contribution in [0.4, 0.5) is 5.69 Å². The predicted molar refractivity (Wildman–Crippen MR) is 133 cm³/mol. The smallest absolute Gasteiger partial charge is 0.174 e. The standard InChI is InChI=1S/C25H21BrN4S/c1-17-6-4-7-20(16-17)29-15-5-9-22(29)24-23(21-8-2-3-14-27-21)28-25(31)30(24)19-12-10-18(26)11-13-19/h2-16,23-24H,1H3,(H,28,31)/t23-,24-/m1/s1. The average Bonchev–Trinajstić information content (AvgIpc) is 3.39. The molecule has 4 aromatic rings. The number of hydrogen-bond donors (Lipinski definition) is 1. The van der Waals surface area contributed by atoms with Crippen LogP contribution in [0.15, 0.2) is 95.7 Å². The van der Waals surface area contributed by atoms with Gasteiger partial charge in [0.2, 0.25) is 0 Å². The lowest BCUT2D eigenvalue weighted by Gasteiger charge is -2.29. The van der Waals surface area contributed by atoms with Crippen LogP contribution in [0, 0.1) is 6.92 Å². The van der Waals surface area contributed by atoms with Gasteiger partial charge in [0.1, 0.15) is 6.04 Å². The Morgan fingerprint density at radius 2 is 1.77 bits per heavy atom. The molecule has 2 atom stereocenters. The lowest BCUT2D eigenvalue weighted by atomic mass is 10.0. The second-order valence-electron chi connectivity index (χ2n) is 7.62. The third kappa shape index (κ3) is 3.77. The number of benzene rings is 2. The van der Waals surface area contributed by atoms with E-state index in [0.717, 1.165) is 27.2 Å². The number of pyridine rings is 1. The van der Waals surface area contributed by atoms with Crippen molar-refractivity contribution in [2.45, 2.75) is 19.0 Å². The van der Waals surface area contributed by atoms with E-state index in [4.69, 9.17) is 12.2 Å². The Kier molecular flexibility index (Phi) is 5.34. The summed E-state index contributed by atoms with van der Waals surface area (Å²) in [6.07, 6.45) is 3.94. The highest BCUT2D eigenvalue weighted by molar-refractivity contribution is 9.10. The highest BCUT2D eigenvalue weighted by atomic mass is 79.9. The molecule has 2 aromatic heterocycles. The Hall–Kier alpha value is -2.96. The summed E-state index contributed by atoms with van der Waals surface area (Å²) < 4.78 is 3.28. The summed E-state index contributed by atoms with van der Waals surface area (Å²) >= 11 is 9.37. The Bertz CT molecular complexity index is 1220. The van der Waals surface area contributed by atoms with Gasteiger partial charge < -0.3 is 14.8 Å². The number of aryl methyl sites for hydroxylation is 1. The van der Waals surface area contributed by atoms with Crippen molar-refractivity contribution in [3.05, 3.63) is 113 Å². The molecular weight excluding hydrogens is 468 g/mol. The summed E-state index contributed by atoms with van der Waals surface area (Å²) in [6.45, 7) is 2.11. The molecule has 0 aliphatic carbocycles. The van der Waals surface area contributed by atoms with Gasteiger partial charge >= 0.3 is 0 Å². The maximum absolute atomic E-state index is 5.83. The highest BCUT2D eigenvalue weighted by Gasteiger charge is 2.42. The van der Waals surface area contributed by atoms with Gasteiger partial charge in [-0.25, -0.2) is 0 Å². The number of hydrogen-bond acceptors (Lipinski definition) is 2. The predicted octanol–water partition coefficient (Wildman–Crippen LogP) is 6.12. The quantitative estimate of drug-likeness (QED) is 0.350. The maximum Gasteiger partial charge on any atom is 0.174 e. The minimum Gasteiger partial charge on any atom is -0.351 e. The van der Waals surface area contributed by atoms with Crippen molar-refractivity contribution < 1.29 is 0 Å². The normalized spacial score (nSPS) is 18.3. The molecule has 154 valence electrons. The van der Waals surface area contributed by atoms with Crippen molar-refractivity contribution in [2.75, 3.05) is 4.90 Å². The van der Waals surface area contributed by atoms with Crippen LogP contribution in [0.1, 0.15) is 29.0 Å². The van der Waals surface area contributed by atoms with E-state index in [1.54, 1.807) is 0 Å². The Balaban J connectivity index is 1.67. The zero-order chi connectivity index (χ0) is 21.4. The van der Waals surface area contributed by atoms with Crippen molar-refractivity contribution in [1.82, 2.24) is 14.9 Å². The van der Waals surface area contributed by atoms with Crippen LogP contribution in [0.5, 0.6) is 0 Å². The van der Waals surface area contributed by atoms with Crippen molar-refractivity contribution in [1.29, 1.82) is 0 Å². The van der Waals surface area contributed by atoms with Gasteiger partial charge in [-0.05, 0) is 85.4 Å². The van der Waals surface area contributed by atoms with E-state index >= 15 is 0 Å². The summed E-state index contributed by atoms with van der Waals surface area (Å²) in [5, 5.41) is 4.23. The Morgan fingerprint density at radius 1 is 0.935 bits per heavy atom. The largest absolute Gasteiger partial charge is 0.351 e. The minimum absolute atomic E-state index is 0.0564. The maximum atomic E-state index is 5.83. The summed E-state index contributed by atoms with van der Waals surface area (Å²) in [7, 11) is 0. The molecule has 1 N–H and O–H groups in total. The third-order valence-electron chi connectivity index (χ3n) is 5.57. The van der Waals surface area contributed by atoms with Gasteiger partial charge in [0.15, 0.2) is 5.11 Å². The summed E-state index contributed by atoms with van der Waals surface area (Å²) in [5.41, 5.74) is 5.51. The fourth-order valence-corrected chi connectivity index (χ4v) is 4.79. The molecule has 0 unspecified atom stereocenters.